The molecule has 0 radical (unpaired) electrons. The van der Waals surface area contributed by atoms with E-state index in [4.69, 9.17) is 11.6 Å². The molecule has 16 heteroatoms. The molecule has 0 aliphatic carbocycles. The summed E-state index contributed by atoms with van der Waals surface area (Å²) < 4.78 is 87.6. The van der Waals surface area contributed by atoms with Gasteiger partial charge in [-0.05, 0) is 12.1 Å². The van der Waals surface area contributed by atoms with E-state index in [2.05, 4.69) is 0 Å². The van der Waals surface area contributed by atoms with E-state index in [0.29, 0.717) is 18.6 Å². The monoisotopic (exact) mass is 500 g/mol. The summed E-state index contributed by atoms with van der Waals surface area (Å²) in [5.74, 6) is 0. The molecule has 1 aromatic carbocycles. The van der Waals surface area contributed by atoms with E-state index in [-0.39, 0.29) is 18.9 Å². The Morgan fingerprint density at radius 3 is 2.00 bits per heavy atom. The number of anilines is 1. The lowest BCUT2D eigenvalue weighted by molar-refractivity contribution is -0.144. The van der Waals surface area contributed by atoms with Crippen LogP contribution in [0.25, 0.3) is 5.69 Å². The summed E-state index contributed by atoms with van der Waals surface area (Å²) in [7, 11) is -8.35. The number of alkyl halides is 3. The van der Waals surface area contributed by atoms with Crippen LogP contribution in [0.4, 0.5) is 18.9 Å². The van der Waals surface area contributed by atoms with Crippen molar-refractivity contribution in [3.8, 4) is 11.8 Å². The zero-order chi connectivity index (χ0) is 24.1. The SMILES string of the molecule is Cn1c(C(F)(F)F)cc(=O)n(-c2cc(N(S(C)(=O)=O)S(C)(=O)=O)c(C#N)cc2Cl)c1=O. The van der Waals surface area contributed by atoms with Gasteiger partial charge in [0.15, 0.2) is 0 Å². The van der Waals surface area contributed by atoms with Gasteiger partial charge in [0, 0.05) is 13.1 Å². The molecule has 0 bridgehead atoms. The predicted molar refractivity (Wildman–Crippen MR) is 104 cm³/mol. The molecule has 10 nitrogen and oxygen atoms in total. The van der Waals surface area contributed by atoms with Crippen LogP contribution in [-0.4, -0.2) is 38.5 Å². The first-order valence-corrected chi connectivity index (χ1v) is 11.8. The first-order chi connectivity index (χ1) is 13.9. The van der Waals surface area contributed by atoms with Gasteiger partial charge in [-0.15, -0.1) is 0 Å². The maximum absolute atomic E-state index is 13.0. The average molecular weight is 501 g/mol. The van der Waals surface area contributed by atoms with Gasteiger partial charge in [0.1, 0.15) is 11.8 Å². The van der Waals surface area contributed by atoms with Gasteiger partial charge >= 0.3 is 11.9 Å². The molecule has 0 N–H and O–H groups in total. The van der Waals surface area contributed by atoms with Crippen LogP contribution in [0.5, 0.6) is 0 Å². The lowest BCUT2D eigenvalue weighted by Crippen LogP contribution is -2.41. The van der Waals surface area contributed by atoms with Gasteiger partial charge in [0.25, 0.3) is 5.56 Å². The summed E-state index contributed by atoms with van der Waals surface area (Å²) in [5, 5.41) is 8.78. The number of hydrogen-bond donors (Lipinski definition) is 0. The molecule has 0 saturated carbocycles. The fourth-order valence-corrected chi connectivity index (χ4v) is 5.92. The summed E-state index contributed by atoms with van der Waals surface area (Å²) in [6.07, 6.45) is -3.99. The third-order valence-electron chi connectivity index (χ3n) is 3.84. The third-order valence-corrected chi connectivity index (χ3v) is 7.36. The fourth-order valence-electron chi connectivity index (χ4n) is 2.69. The van der Waals surface area contributed by atoms with Crippen molar-refractivity contribution in [1.82, 2.24) is 9.13 Å². The topological polar surface area (TPSA) is 139 Å². The number of nitriles is 1. The molecule has 0 spiro atoms. The van der Waals surface area contributed by atoms with E-state index in [1.807, 2.05) is 0 Å². The van der Waals surface area contributed by atoms with Crippen LogP contribution < -0.4 is 15.0 Å². The molecule has 168 valence electrons. The lowest BCUT2D eigenvalue weighted by Gasteiger charge is -2.22. The minimum atomic E-state index is -5.03. The Labute approximate surface area is 178 Å². The number of sulfonamides is 2. The van der Waals surface area contributed by atoms with Gasteiger partial charge in [-0.25, -0.2) is 26.2 Å². The molecule has 0 aliphatic rings. The molecule has 0 unspecified atom stereocenters. The van der Waals surface area contributed by atoms with Crippen molar-refractivity contribution in [2.24, 2.45) is 7.05 Å². The zero-order valence-electron chi connectivity index (χ0n) is 15.8. The highest BCUT2D eigenvalue weighted by molar-refractivity contribution is 8.09. The first-order valence-electron chi connectivity index (χ1n) is 7.76. The minimum Gasteiger partial charge on any atom is -0.292 e. The molecule has 0 saturated heterocycles. The largest absolute Gasteiger partial charge is 0.431 e. The Hall–Kier alpha value is -2.83. The maximum Gasteiger partial charge on any atom is 0.431 e. The van der Waals surface area contributed by atoms with Crippen LogP contribution in [-0.2, 0) is 33.3 Å². The van der Waals surface area contributed by atoms with Gasteiger partial charge in [-0.2, -0.15) is 22.1 Å². The Balaban J connectivity index is 3.03. The highest BCUT2D eigenvalue weighted by Gasteiger charge is 2.36. The molecule has 31 heavy (non-hydrogen) atoms. The third kappa shape index (κ3) is 4.60. The van der Waals surface area contributed by atoms with Gasteiger partial charge in [0.2, 0.25) is 20.0 Å². The van der Waals surface area contributed by atoms with Crippen LogP contribution in [0, 0.1) is 11.3 Å². The van der Waals surface area contributed by atoms with Crippen molar-refractivity contribution in [3.63, 3.8) is 0 Å². The zero-order valence-corrected chi connectivity index (χ0v) is 18.2. The van der Waals surface area contributed by atoms with Gasteiger partial charge in [-0.1, -0.05) is 11.6 Å². The highest BCUT2D eigenvalue weighted by atomic mass is 35.5. The predicted octanol–water partition coefficient (Wildman–Crippen LogP) is 0.806. The highest BCUT2D eigenvalue weighted by Crippen LogP contribution is 2.32. The summed E-state index contributed by atoms with van der Waals surface area (Å²) >= 11 is 5.98. The Bertz CT molecular complexity index is 1420. The molecular formula is C15H12ClF3N4O6S2. The smallest absolute Gasteiger partial charge is 0.292 e. The average Bonchev–Trinajstić information content (AvgIpc) is 2.57. The second-order valence-electron chi connectivity index (χ2n) is 6.20. The molecular weight excluding hydrogens is 489 g/mol. The second kappa shape index (κ2) is 7.70. The summed E-state index contributed by atoms with van der Waals surface area (Å²) in [4.78, 5) is 24.8. The van der Waals surface area contributed by atoms with Crippen LogP contribution in [0.3, 0.4) is 0 Å². The van der Waals surface area contributed by atoms with Crippen molar-refractivity contribution in [2.75, 3.05) is 16.2 Å². The molecule has 0 atom stereocenters. The molecule has 2 rings (SSSR count). The first kappa shape index (κ1) is 24.4. The molecule has 1 heterocycles. The number of benzene rings is 1. The van der Waals surface area contributed by atoms with E-state index in [1.165, 1.54) is 6.07 Å². The normalized spacial score (nSPS) is 12.5. The van der Waals surface area contributed by atoms with Crippen molar-refractivity contribution < 1.29 is 30.0 Å². The number of halogens is 4. The van der Waals surface area contributed by atoms with E-state index in [0.717, 1.165) is 13.1 Å². The summed E-state index contributed by atoms with van der Waals surface area (Å²) in [6, 6.07) is 3.06. The van der Waals surface area contributed by atoms with Crippen molar-refractivity contribution in [2.45, 2.75) is 6.18 Å². The van der Waals surface area contributed by atoms with E-state index < -0.39 is 65.1 Å². The quantitative estimate of drug-likeness (QED) is 0.605. The number of aromatic nitrogens is 2. The minimum absolute atomic E-state index is 0.112. The summed E-state index contributed by atoms with van der Waals surface area (Å²) in [5.41, 5.74) is -6.49. The van der Waals surface area contributed by atoms with Gasteiger partial charge in [-0.3, -0.25) is 9.36 Å². The fraction of sp³-hybridized carbons (Fsp3) is 0.267. The van der Waals surface area contributed by atoms with Crippen LogP contribution in [0.1, 0.15) is 11.3 Å². The summed E-state index contributed by atoms with van der Waals surface area (Å²) in [6.45, 7) is 0. The van der Waals surface area contributed by atoms with Gasteiger partial charge in [0.05, 0.1) is 34.5 Å². The van der Waals surface area contributed by atoms with Crippen molar-refractivity contribution in [1.29, 1.82) is 5.26 Å². The van der Waals surface area contributed by atoms with Crippen LogP contribution in [0.2, 0.25) is 5.02 Å². The lowest BCUT2D eigenvalue weighted by atomic mass is 10.1. The van der Waals surface area contributed by atoms with E-state index >= 15 is 0 Å². The molecule has 2 aromatic rings. The number of nitrogens with zero attached hydrogens (tertiary/aromatic N) is 4. The molecule has 0 amide bonds. The van der Waals surface area contributed by atoms with Crippen molar-refractivity contribution in [3.05, 3.63) is 55.3 Å². The van der Waals surface area contributed by atoms with E-state index in [9.17, 15) is 44.9 Å². The van der Waals surface area contributed by atoms with E-state index in [1.54, 1.807) is 0 Å². The van der Waals surface area contributed by atoms with Gasteiger partial charge < -0.3 is 0 Å². The second-order valence-corrected chi connectivity index (χ2v) is 10.5. The Morgan fingerprint density at radius 1 is 1.06 bits per heavy atom. The van der Waals surface area contributed by atoms with Crippen molar-refractivity contribution >= 4 is 37.3 Å². The standard InChI is InChI=1S/C15H12ClF3N4O6S2/c1-21-12(15(17,18)19)6-13(24)22(14(21)25)11-5-10(8(7-20)4-9(11)16)23(30(2,26)27)31(3,28)29/h4-6H,1-3H3. The number of hydrogen-bond acceptors (Lipinski definition) is 7. The molecule has 1 aromatic heterocycles. The Morgan fingerprint density at radius 2 is 1.58 bits per heavy atom. The van der Waals surface area contributed by atoms with Crippen LogP contribution >= 0.6 is 11.6 Å². The molecule has 0 fully saturated rings. The number of rotatable bonds is 4. The molecule has 0 aliphatic heterocycles. The Kier molecular flexibility index (Phi) is 6.07. The maximum atomic E-state index is 13.0. The van der Waals surface area contributed by atoms with Crippen LogP contribution in [0.15, 0.2) is 27.8 Å².